The van der Waals surface area contributed by atoms with E-state index in [0.717, 1.165) is 6.54 Å². The fourth-order valence-electron chi connectivity index (χ4n) is 0.782. The summed E-state index contributed by atoms with van der Waals surface area (Å²) in [4.78, 5) is 14.6. The van der Waals surface area contributed by atoms with Crippen LogP contribution in [-0.2, 0) is 4.79 Å². The molecule has 0 aromatic carbocycles. The van der Waals surface area contributed by atoms with E-state index in [0.29, 0.717) is 10.4 Å². The molecule has 1 aliphatic carbocycles. The Morgan fingerprint density at radius 1 is 1.75 bits per heavy atom. The van der Waals surface area contributed by atoms with E-state index in [2.05, 4.69) is 33.0 Å². The molecule has 1 saturated carbocycles. The average molecular weight is 231 g/mol. The molecule has 1 rings (SSSR count). The summed E-state index contributed by atoms with van der Waals surface area (Å²) in [5.41, 5.74) is 0. The van der Waals surface area contributed by atoms with Gasteiger partial charge >= 0.3 is 0 Å². The highest BCUT2D eigenvalue weighted by atomic mass is 79.9. The lowest BCUT2D eigenvalue weighted by molar-refractivity contribution is -0.116. The van der Waals surface area contributed by atoms with Crippen LogP contribution in [-0.4, -0.2) is 19.2 Å². The van der Waals surface area contributed by atoms with Crippen molar-refractivity contribution in [3.63, 3.8) is 0 Å². The van der Waals surface area contributed by atoms with Gasteiger partial charge < -0.3 is 5.32 Å². The second-order valence-corrected chi connectivity index (χ2v) is 3.67. The Kier molecular flexibility index (Phi) is 3.47. The second-order valence-electron chi connectivity index (χ2n) is 2.81. The highest BCUT2D eigenvalue weighted by Crippen LogP contribution is 2.27. The number of amides is 1. The molecule has 1 amide bonds. The zero-order valence-corrected chi connectivity index (χ0v) is 8.30. The Morgan fingerprint density at radius 3 is 2.92 bits per heavy atom. The predicted octanol–water partition coefficient (Wildman–Crippen LogP) is 1.45. The molecule has 0 heterocycles. The maximum atomic E-state index is 11.2. The molecule has 1 aliphatic rings. The number of aliphatic imine (C=N–C) groups is 1. The van der Waals surface area contributed by atoms with Gasteiger partial charge in [0, 0.05) is 12.7 Å². The molecule has 0 unspecified atom stereocenters. The number of carbonyl (C=O) groups excluding carboxylic acids is 1. The van der Waals surface area contributed by atoms with Crippen LogP contribution in [0.3, 0.4) is 0 Å². The number of rotatable bonds is 4. The number of carbonyl (C=O) groups is 1. The van der Waals surface area contributed by atoms with Crippen LogP contribution in [0, 0.1) is 5.92 Å². The van der Waals surface area contributed by atoms with Gasteiger partial charge in [-0.2, -0.15) is 0 Å². The number of halogens is 1. The molecule has 1 fully saturated rings. The maximum absolute atomic E-state index is 11.2. The van der Waals surface area contributed by atoms with Gasteiger partial charge in [0.05, 0.1) is 0 Å². The van der Waals surface area contributed by atoms with Crippen LogP contribution in [0.5, 0.6) is 0 Å². The van der Waals surface area contributed by atoms with Crippen molar-refractivity contribution >= 4 is 28.6 Å². The van der Waals surface area contributed by atoms with Crippen molar-refractivity contribution in [3.05, 3.63) is 10.7 Å². The number of hydrogen-bond donors (Lipinski definition) is 1. The van der Waals surface area contributed by atoms with Gasteiger partial charge in [-0.25, -0.2) is 0 Å². The summed E-state index contributed by atoms with van der Waals surface area (Å²) < 4.78 is 0.429. The first-order valence-electron chi connectivity index (χ1n) is 3.83. The third-order valence-corrected chi connectivity index (χ3v) is 2.23. The van der Waals surface area contributed by atoms with Crippen molar-refractivity contribution in [3.8, 4) is 0 Å². The Labute approximate surface area is 80.1 Å². The lowest BCUT2D eigenvalue weighted by atomic mass is 10.4. The number of nitrogens with one attached hydrogen (secondary N) is 1. The zero-order chi connectivity index (χ0) is 8.97. The maximum Gasteiger partial charge on any atom is 0.259 e. The van der Waals surface area contributed by atoms with Crippen molar-refractivity contribution in [1.82, 2.24) is 5.32 Å². The van der Waals surface area contributed by atoms with Crippen molar-refractivity contribution in [2.24, 2.45) is 10.9 Å². The average Bonchev–Trinajstić information content (AvgIpc) is 2.83. The van der Waals surface area contributed by atoms with Gasteiger partial charge in [0.25, 0.3) is 5.91 Å². The molecule has 0 radical (unpaired) electrons. The quantitative estimate of drug-likeness (QED) is 0.577. The fourth-order valence-corrected chi connectivity index (χ4v) is 1.07. The van der Waals surface area contributed by atoms with Crippen LogP contribution in [0.25, 0.3) is 0 Å². The van der Waals surface area contributed by atoms with Crippen molar-refractivity contribution in [2.45, 2.75) is 12.8 Å². The molecule has 1 N–H and O–H groups in total. The van der Waals surface area contributed by atoms with Crippen LogP contribution in [0.2, 0.25) is 0 Å². The van der Waals surface area contributed by atoms with E-state index in [1.807, 2.05) is 0 Å². The van der Waals surface area contributed by atoms with Gasteiger partial charge in [-0.05, 0) is 41.4 Å². The summed E-state index contributed by atoms with van der Waals surface area (Å²) in [6.07, 6.45) is 3.87. The first-order valence-corrected chi connectivity index (χ1v) is 4.63. The molecule has 3 nitrogen and oxygen atoms in total. The Morgan fingerprint density at radius 2 is 2.42 bits per heavy atom. The highest BCUT2D eigenvalue weighted by Gasteiger charge is 2.21. The summed E-state index contributed by atoms with van der Waals surface area (Å²) in [5, 5.41) is 2.79. The molecule has 0 bridgehead atoms. The van der Waals surface area contributed by atoms with Crippen LogP contribution >= 0.6 is 15.9 Å². The third-order valence-electron chi connectivity index (χ3n) is 1.67. The summed E-state index contributed by atoms with van der Waals surface area (Å²) in [5.74, 6) is 0.584. The van der Waals surface area contributed by atoms with E-state index < -0.39 is 0 Å². The van der Waals surface area contributed by atoms with Gasteiger partial charge in [-0.1, -0.05) is 0 Å². The zero-order valence-electron chi connectivity index (χ0n) is 6.72. The van der Waals surface area contributed by atoms with Gasteiger partial charge in [0.2, 0.25) is 0 Å². The van der Waals surface area contributed by atoms with E-state index in [4.69, 9.17) is 0 Å². The van der Waals surface area contributed by atoms with E-state index in [9.17, 15) is 4.79 Å². The van der Waals surface area contributed by atoms with Crippen LogP contribution in [0.15, 0.2) is 15.7 Å². The van der Waals surface area contributed by atoms with Gasteiger partial charge in [0.15, 0.2) is 0 Å². The van der Waals surface area contributed by atoms with E-state index in [-0.39, 0.29) is 5.91 Å². The van der Waals surface area contributed by atoms with E-state index in [1.54, 1.807) is 0 Å². The summed E-state index contributed by atoms with van der Waals surface area (Å²) in [6, 6.07) is 0. The molecule has 0 aliphatic heterocycles. The summed E-state index contributed by atoms with van der Waals surface area (Å²) in [7, 11) is 0. The normalized spacial score (nSPS) is 17.2. The topological polar surface area (TPSA) is 41.5 Å². The molecule has 0 aromatic heterocycles. The molecule has 4 heteroatoms. The Bertz CT molecular complexity index is 221. The highest BCUT2D eigenvalue weighted by molar-refractivity contribution is 9.12. The largest absolute Gasteiger partial charge is 0.351 e. The molecule has 66 valence electrons. The third kappa shape index (κ3) is 3.17. The molecule has 0 saturated heterocycles. The second kappa shape index (κ2) is 4.40. The fraction of sp³-hybridized carbons (Fsp3) is 0.500. The first kappa shape index (κ1) is 9.45. The van der Waals surface area contributed by atoms with E-state index in [1.165, 1.54) is 19.0 Å². The smallest absolute Gasteiger partial charge is 0.259 e. The van der Waals surface area contributed by atoms with Crippen molar-refractivity contribution < 1.29 is 4.79 Å². The van der Waals surface area contributed by atoms with Crippen molar-refractivity contribution in [1.29, 1.82) is 0 Å². The monoisotopic (exact) mass is 230 g/mol. The number of hydrogen-bond acceptors (Lipinski definition) is 2. The Balaban J connectivity index is 2.25. The van der Waals surface area contributed by atoms with Crippen LogP contribution < -0.4 is 5.32 Å². The van der Waals surface area contributed by atoms with Gasteiger partial charge in [0.1, 0.15) is 4.48 Å². The molecule has 0 spiro atoms. The molecule has 12 heavy (non-hydrogen) atoms. The summed E-state index contributed by atoms with van der Waals surface area (Å²) in [6.45, 7) is 4.03. The van der Waals surface area contributed by atoms with Gasteiger partial charge in [-0.15, -0.1) is 0 Å². The number of nitrogens with zero attached hydrogens (tertiary/aromatic N) is 1. The Hall–Kier alpha value is -0.640. The SMILES string of the molecule is C=N/C=C(/Br)C(=O)NCC1CC1. The molecule has 0 aromatic rings. The lowest BCUT2D eigenvalue weighted by Gasteiger charge is -2.00. The first-order chi connectivity index (χ1) is 5.74. The minimum absolute atomic E-state index is 0.116. The predicted molar refractivity (Wildman–Crippen MR) is 52.3 cm³/mol. The minimum Gasteiger partial charge on any atom is -0.351 e. The minimum atomic E-state index is -0.116. The standard InChI is InChI=1S/C8H11BrN2O/c1-10-5-7(9)8(12)11-4-6-2-3-6/h5-6H,1-4H2,(H,11,12)/b7-5+. The van der Waals surface area contributed by atoms with Gasteiger partial charge in [-0.3, -0.25) is 9.79 Å². The molecular formula is C8H11BrN2O. The molecule has 0 atom stereocenters. The lowest BCUT2D eigenvalue weighted by Crippen LogP contribution is -2.25. The van der Waals surface area contributed by atoms with Crippen LogP contribution in [0.4, 0.5) is 0 Å². The molecular weight excluding hydrogens is 220 g/mol. The van der Waals surface area contributed by atoms with Crippen molar-refractivity contribution in [2.75, 3.05) is 6.54 Å². The summed E-state index contributed by atoms with van der Waals surface area (Å²) >= 11 is 3.09. The van der Waals surface area contributed by atoms with E-state index >= 15 is 0 Å². The van der Waals surface area contributed by atoms with Crippen LogP contribution in [0.1, 0.15) is 12.8 Å².